The van der Waals surface area contributed by atoms with E-state index in [1.54, 1.807) is 67.2 Å². The van der Waals surface area contributed by atoms with E-state index in [0.29, 0.717) is 19.6 Å². The molecule has 0 aromatic carbocycles. The first-order valence-corrected chi connectivity index (χ1v) is 16.7. The van der Waals surface area contributed by atoms with Gasteiger partial charge in [-0.2, -0.15) is 0 Å². The highest BCUT2D eigenvalue weighted by molar-refractivity contribution is 6.05. The van der Waals surface area contributed by atoms with Crippen LogP contribution in [0.5, 0.6) is 0 Å². The largest absolute Gasteiger partial charge is 0.467 e. The lowest BCUT2D eigenvalue weighted by Gasteiger charge is -2.40. The number of rotatable bonds is 10. The van der Waals surface area contributed by atoms with E-state index in [2.05, 4.69) is 5.32 Å². The van der Waals surface area contributed by atoms with Crippen LogP contribution >= 0.6 is 0 Å². The lowest BCUT2D eigenvalue weighted by atomic mass is 9.87. The van der Waals surface area contributed by atoms with Crippen molar-refractivity contribution in [3.63, 3.8) is 0 Å². The SMILES string of the molecule is C.CCOC(=O)C(C)(C)CCC(=O)N1CCN(C(=O)OC(C)(C)C)C[C@H]1C(=O)OC.CCOC(=O)C(C)(C)CN1C(=O)[C@@H]2CNCCN2C1=O. The van der Waals surface area contributed by atoms with Crippen LogP contribution in [0.15, 0.2) is 0 Å². The van der Waals surface area contributed by atoms with Gasteiger partial charge in [-0.15, -0.1) is 0 Å². The summed E-state index contributed by atoms with van der Waals surface area (Å²) in [6.07, 6.45) is -0.182. The molecule has 3 rings (SSSR count). The van der Waals surface area contributed by atoms with Crippen LogP contribution in [0.2, 0.25) is 0 Å². The zero-order chi connectivity index (χ0) is 37.3. The van der Waals surface area contributed by atoms with Crippen molar-refractivity contribution in [3.8, 4) is 0 Å². The molecule has 0 bridgehead atoms. The lowest BCUT2D eigenvalue weighted by Crippen LogP contribution is -2.60. The number of amides is 5. The van der Waals surface area contributed by atoms with Gasteiger partial charge in [0.2, 0.25) is 5.91 Å². The fraction of sp³-hybridized carbons (Fsp3) is 0.794. The lowest BCUT2D eigenvalue weighted by molar-refractivity contribution is -0.158. The van der Waals surface area contributed by atoms with Crippen molar-refractivity contribution >= 4 is 41.8 Å². The fourth-order valence-electron chi connectivity index (χ4n) is 5.42. The molecule has 0 aliphatic carbocycles. The van der Waals surface area contributed by atoms with Crippen molar-refractivity contribution < 1.29 is 52.5 Å². The van der Waals surface area contributed by atoms with Gasteiger partial charge in [-0.3, -0.25) is 24.1 Å². The standard InChI is InChI=1S/C20H34N2O7.C13H21N3O4.CH4/c1-8-28-17(25)20(5,6)10-9-15(23)22-12-11-21(13-14(22)16(24)27-7)18(26)29-19(2,3)4;1-4-20-11(18)13(2,3)8-16-10(17)9-7-14-5-6-15(9)12(16)19;/h14H,8-13H2,1-7H3;9,14H,4-8H2,1-3H3;1H4/t14-;9-;/m00./s1. The quantitative estimate of drug-likeness (QED) is 0.199. The summed E-state index contributed by atoms with van der Waals surface area (Å²) < 4.78 is 20.2. The van der Waals surface area contributed by atoms with Gasteiger partial charge in [-0.05, 0) is 68.7 Å². The molecule has 3 saturated heterocycles. The second-order valence-corrected chi connectivity index (χ2v) is 14.4. The fourth-order valence-corrected chi connectivity index (χ4v) is 5.42. The predicted molar refractivity (Wildman–Crippen MR) is 183 cm³/mol. The molecule has 3 aliphatic rings. The molecule has 5 amide bonds. The van der Waals surface area contributed by atoms with Crippen molar-refractivity contribution in [2.45, 2.75) is 100 Å². The van der Waals surface area contributed by atoms with Gasteiger partial charge in [-0.25, -0.2) is 14.4 Å². The molecule has 0 spiro atoms. The molecule has 0 saturated carbocycles. The number of esters is 3. The minimum atomic E-state index is -0.917. The van der Waals surface area contributed by atoms with Gasteiger partial charge in [0.15, 0.2) is 0 Å². The maximum Gasteiger partial charge on any atom is 0.410 e. The van der Waals surface area contributed by atoms with E-state index in [-0.39, 0.29) is 83.5 Å². The second kappa shape index (κ2) is 18.3. The average molecular weight is 714 g/mol. The molecule has 0 aromatic rings. The van der Waals surface area contributed by atoms with Gasteiger partial charge < -0.3 is 39.0 Å². The maximum atomic E-state index is 12.8. The summed E-state index contributed by atoms with van der Waals surface area (Å²) in [5.74, 6) is -1.88. The predicted octanol–water partition coefficient (Wildman–Crippen LogP) is 2.42. The first-order valence-electron chi connectivity index (χ1n) is 16.7. The molecular formula is C34H59N5O11. The first-order chi connectivity index (χ1) is 22.7. The summed E-state index contributed by atoms with van der Waals surface area (Å²) >= 11 is 0. The molecule has 0 unspecified atom stereocenters. The maximum absolute atomic E-state index is 12.8. The number of hydrogen-bond donors (Lipinski definition) is 1. The molecular weight excluding hydrogens is 654 g/mol. The normalized spacial score (nSPS) is 19.4. The summed E-state index contributed by atoms with van der Waals surface area (Å²) in [5, 5.41) is 3.10. The van der Waals surface area contributed by atoms with Crippen molar-refractivity contribution in [2.24, 2.45) is 10.8 Å². The zero-order valence-corrected chi connectivity index (χ0v) is 30.7. The molecule has 16 nitrogen and oxygen atoms in total. The Morgan fingerprint density at radius 2 is 1.44 bits per heavy atom. The Kier molecular flexibility index (Phi) is 16.2. The summed E-state index contributed by atoms with van der Waals surface area (Å²) in [4.78, 5) is 91.4. The highest BCUT2D eigenvalue weighted by Gasteiger charge is 2.49. The zero-order valence-electron chi connectivity index (χ0n) is 30.7. The number of nitrogens with zero attached hydrogens (tertiary/aromatic N) is 4. The topological polar surface area (TPSA) is 181 Å². The van der Waals surface area contributed by atoms with E-state index in [9.17, 15) is 33.6 Å². The van der Waals surface area contributed by atoms with Gasteiger partial charge >= 0.3 is 30.0 Å². The van der Waals surface area contributed by atoms with Gasteiger partial charge in [0.1, 0.15) is 17.7 Å². The van der Waals surface area contributed by atoms with Crippen LogP contribution in [0.3, 0.4) is 0 Å². The number of urea groups is 1. The van der Waals surface area contributed by atoms with E-state index < -0.39 is 46.5 Å². The van der Waals surface area contributed by atoms with Crippen LogP contribution in [-0.2, 0) is 42.9 Å². The Morgan fingerprint density at radius 1 is 0.860 bits per heavy atom. The van der Waals surface area contributed by atoms with Crippen molar-refractivity contribution in [1.82, 2.24) is 24.9 Å². The van der Waals surface area contributed by atoms with Gasteiger partial charge in [-0.1, -0.05) is 7.43 Å². The first kappa shape index (κ1) is 44.1. The number of ether oxygens (including phenoxy) is 4. The number of piperazine rings is 2. The molecule has 286 valence electrons. The number of carbonyl (C=O) groups excluding carboxylic acids is 7. The number of imide groups is 1. The van der Waals surface area contributed by atoms with Crippen molar-refractivity contribution in [1.29, 1.82) is 0 Å². The Balaban J connectivity index is 0.000000520. The summed E-state index contributed by atoms with van der Waals surface area (Å²) in [6.45, 7) is 18.2. The third-order valence-corrected chi connectivity index (χ3v) is 8.27. The van der Waals surface area contributed by atoms with Crippen LogP contribution < -0.4 is 5.32 Å². The van der Waals surface area contributed by atoms with Crippen molar-refractivity contribution in [2.75, 3.05) is 66.1 Å². The third-order valence-electron chi connectivity index (χ3n) is 8.27. The molecule has 16 heteroatoms. The molecule has 3 aliphatic heterocycles. The Labute approximate surface area is 296 Å². The summed E-state index contributed by atoms with van der Waals surface area (Å²) in [7, 11) is 1.24. The molecule has 50 heavy (non-hydrogen) atoms. The Bertz CT molecular complexity index is 1220. The molecule has 0 aromatic heterocycles. The number of fused-ring (bicyclic) bond motifs is 1. The van der Waals surface area contributed by atoms with Gasteiger partial charge in [0.05, 0.1) is 37.7 Å². The smallest absolute Gasteiger partial charge is 0.410 e. The Hall–Kier alpha value is -3.95. The monoisotopic (exact) mass is 713 g/mol. The average Bonchev–Trinajstić information content (AvgIpc) is 3.27. The van der Waals surface area contributed by atoms with Crippen LogP contribution in [0.25, 0.3) is 0 Å². The van der Waals surface area contributed by atoms with Gasteiger partial charge in [0.25, 0.3) is 5.91 Å². The van der Waals surface area contributed by atoms with Crippen LogP contribution in [0, 0.1) is 10.8 Å². The number of carbonyl (C=O) groups is 7. The van der Waals surface area contributed by atoms with Crippen LogP contribution in [0.1, 0.15) is 82.6 Å². The number of methoxy groups -OCH3 is 1. The highest BCUT2D eigenvalue weighted by atomic mass is 16.6. The highest BCUT2D eigenvalue weighted by Crippen LogP contribution is 2.27. The molecule has 3 fully saturated rings. The Morgan fingerprint density at radius 3 is 1.96 bits per heavy atom. The summed E-state index contributed by atoms with van der Waals surface area (Å²) in [5.41, 5.74) is -2.38. The molecule has 0 radical (unpaired) electrons. The van der Waals surface area contributed by atoms with E-state index in [1.807, 2.05) is 0 Å². The number of nitrogens with one attached hydrogen (secondary N) is 1. The second-order valence-electron chi connectivity index (χ2n) is 14.4. The number of hydrogen-bond acceptors (Lipinski definition) is 12. The van der Waals surface area contributed by atoms with E-state index in [0.717, 1.165) is 0 Å². The molecule has 2 atom stereocenters. The van der Waals surface area contributed by atoms with Crippen molar-refractivity contribution in [3.05, 3.63) is 0 Å². The van der Waals surface area contributed by atoms with Gasteiger partial charge in [0, 0.05) is 45.7 Å². The van der Waals surface area contributed by atoms with E-state index in [4.69, 9.17) is 18.9 Å². The molecule has 3 heterocycles. The van der Waals surface area contributed by atoms with E-state index >= 15 is 0 Å². The third kappa shape index (κ3) is 11.6. The van der Waals surface area contributed by atoms with E-state index in [1.165, 1.54) is 21.8 Å². The van der Waals surface area contributed by atoms with Crippen LogP contribution in [0.4, 0.5) is 9.59 Å². The minimum absolute atomic E-state index is 0. The van der Waals surface area contributed by atoms with Crippen LogP contribution in [-0.4, -0.2) is 145 Å². The molecule has 1 N–H and O–H groups in total. The minimum Gasteiger partial charge on any atom is -0.467 e. The summed E-state index contributed by atoms with van der Waals surface area (Å²) in [6, 6.07) is -1.66.